The molecule has 0 heterocycles. The summed E-state index contributed by atoms with van der Waals surface area (Å²) in [7, 11) is 0. The number of hydrogen-bond donors (Lipinski definition) is 1. The molecule has 0 aromatic heterocycles. The van der Waals surface area contributed by atoms with E-state index >= 15 is 0 Å². The summed E-state index contributed by atoms with van der Waals surface area (Å²) in [6, 6.07) is 0. The fraction of sp³-hybridized carbons (Fsp3) is 0.455. The van der Waals surface area contributed by atoms with Gasteiger partial charge in [0.15, 0.2) is 0 Å². The van der Waals surface area contributed by atoms with Gasteiger partial charge in [-0.3, -0.25) is 0 Å². The minimum atomic E-state index is 0.204. The number of rotatable bonds is 1. The van der Waals surface area contributed by atoms with Crippen molar-refractivity contribution in [3.05, 3.63) is 33.3 Å². The van der Waals surface area contributed by atoms with Crippen LogP contribution in [0.25, 0.3) is 0 Å². The van der Waals surface area contributed by atoms with Crippen LogP contribution in [0.4, 0.5) is 0 Å². The van der Waals surface area contributed by atoms with Crippen molar-refractivity contribution in [1.82, 2.24) is 5.32 Å². The molecule has 98 valence electrons. The van der Waals surface area contributed by atoms with Gasteiger partial charge >= 0.3 is 115 Å². The Morgan fingerprint density at radius 1 is 0.778 bits per heavy atom. The number of nitrogens with one attached hydrogen (secondary N) is 1. The predicted molar refractivity (Wildman–Crippen MR) is 53.2 cm³/mol. The standard InChI is InChI=1S/C6H13N.5CO.Cr/c1-5-7-6(2,3)4;5*1-2;/h7H,1-4H3;;;;;;. The summed E-state index contributed by atoms with van der Waals surface area (Å²) in [6.45, 7) is 30.9. The van der Waals surface area contributed by atoms with Crippen molar-refractivity contribution in [2.75, 3.05) is 0 Å². The first-order valence-electron chi connectivity index (χ1n) is 3.72. The first kappa shape index (κ1) is 36.0. The maximum absolute atomic E-state index is 7.50. The molecule has 0 amide bonds. The van der Waals surface area contributed by atoms with E-state index in [1.165, 1.54) is 0 Å². The summed E-state index contributed by atoms with van der Waals surface area (Å²) in [5.74, 6) is 0. The van der Waals surface area contributed by atoms with Crippen molar-refractivity contribution in [1.29, 1.82) is 0 Å². The van der Waals surface area contributed by atoms with Crippen molar-refractivity contribution >= 4 is 4.50 Å². The zero-order valence-electron chi connectivity index (χ0n) is 10.4. The third-order valence-electron chi connectivity index (χ3n) is 0.551. The van der Waals surface area contributed by atoms with Crippen LogP contribution < -0.4 is 5.32 Å². The topological polar surface area (TPSA) is 112 Å². The van der Waals surface area contributed by atoms with Crippen LogP contribution in [0.5, 0.6) is 0 Å². The minimum absolute atomic E-state index is 0.204. The van der Waals surface area contributed by atoms with Crippen molar-refractivity contribution in [3.8, 4) is 0 Å². The molecule has 18 heavy (non-hydrogen) atoms. The normalized spacial score (nSPS) is 5.67. The third-order valence-corrected chi connectivity index (χ3v) is 0.710. The van der Waals surface area contributed by atoms with Gasteiger partial charge in [-0.05, 0) is 0 Å². The third kappa shape index (κ3) is 180. The van der Waals surface area contributed by atoms with Crippen LogP contribution in [0.2, 0.25) is 0 Å². The Morgan fingerprint density at radius 3 is 0.944 bits per heavy atom. The summed E-state index contributed by atoms with van der Waals surface area (Å²) in [5.41, 5.74) is 0.204. The van der Waals surface area contributed by atoms with Crippen molar-refractivity contribution < 1.29 is 39.1 Å². The molecule has 0 fully saturated rings. The molecule has 0 saturated carbocycles. The summed E-state index contributed by atoms with van der Waals surface area (Å²) >= 11 is 2.90. The van der Waals surface area contributed by atoms with Crippen LogP contribution in [-0.2, 0) is 39.1 Å². The van der Waals surface area contributed by atoms with E-state index in [1.807, 2.05) is 6.92 Å². The molecule has 0 saturated heterocycles. The van der Waals surface area contributed by atoms with E-state index in [0.717, 1.165) is 4.50 Å². The van der Waals surface area contributed by atoms with Crippen molar-refractivity contribution in [3.63, 3.8) is 0 Å². The quantitative estimate of drug-likeness (QED) is 0.561. The van der Waals surface area contributed by atoms with Gasteiger partial charge in [0, 0.05) is 0 Å². The fourth-order valence-corrected chi connectivity index (χ4v) is 1.01. The van der Waals surface area contributed by atoms with Gasteiger partial charge in [-0.25, -0.2) is 0 Å². The second-order valence-electron chi connectivity index (χ2n) is 2.93. The molecule has 0 aromatic carbocycles. The summed E-state index contributed by atoms with van der Waals surface area (Å²) in [4.78, 5) is 0. The molecule has 0 radical (unpaired) electrons. The van der Waals surface area contributed by atoms with Crippen molar-refractivity contribution in [2.45, 2.75) is 33.2 Å². The summed E-state index contributed by atoms with van der Waals surface area (Å²) in [5, 5.41) is 3.24. The molecule has 0 unspecified atom stereocenters. The average Bonchev–Trinajstić information content (AvgIpc) is 2.38. The van der Waals surface area contributed by atoms with E-state index in [9.17, 15) is 0 Å². The molecule has 1 N–H and O–H groups in total. The Kier molecular flexibility index (Phi) is 88.7. The Balaban J connectivity index is -0.0000000304. The zero-order chi connectivity index (χ0) is 16.8. The van der Waals surface area contributed by atoms with E-state index in [2.05, 4.69) is 75.2 Å². The van der Waals surface area contributed by atoms with Crippen LogP contribution in [-0.4, -0.2) is 10.0 Å². The van der Waals surface area contributed by atoms with Gasteiger partial charge in [-0.1, -0.05) is 0 Å². The summed E-state index contributed by atoms with van der Waals surface area (Å²) in [6.07, 6.45) is 0. The first-order chi connectivity index (χ1) is 8.42. The van der Waals surface area contributed by atoms with Crippen LogP contribution in [0.1, 0.15) is 27.7 Å². The van der Waals surface area contributed by atoms with Gasteiger partial charge < -0.3 is 0 Å². The molecule has 0 atom stereocenters. The van der Waals surface area contributed by atoms with Crippen LogP contribution >= 0.6 is 0 Å². The van der Waals surface area contributed by atoms with Crippen LogP contribution in [0, 0.1) is 33.3 Å². The van der Waals surface area contributed by atoms with Crippen LogP contribution in [0.15, 0.2) is 0 Å². The van der Waals surface area contributed by atoms with Gasteiger partial charge in [0.25, 0.3) is 0 Å². The monoisotopic (exact) mass is 291 g/mol. The fourth-order valence-electron chi connectivity index (χ4n) is 0.528. The van der Waals surface area contributed by atoms with E-state index in [4.69, 9.17) is 23.3 Å². The van der Waals surface area contributed by atoms with Gasteiger partial charge in [0.2, 0.25) is 0 Å². The zero-order valence-corrected chi connectivity index (χ0v) is 11.7. The molecule has 0 aliphatic heterocycles. The molecule has 0 aromatic rings. The molecular weight excluding hydrogens is 278 g/mol. The number of hydrogen-bond acceptors (Lipinski definition) is 1. The van der Waals surface area contributed by atoms with E-state index < -0.39 is 0 Å². The predicted octanol–water partition coefficient (Wildman–Crippen LogP) is 0.884. The molecule has 7 heteroatoms. The first-order valence-corrected chi connectivity index (χ1v) is 4.36. The van der Waals surface area contributed by atoms with Gasteiger partial charge in [0.05, 0.1) is 0 Å². The molecule has 0 aliphatic carbocycles. The van der Waals surface area contributed by atoms with E-state index in [-0.39, 0.29) is 5.54 Å². The van der Waals surface area contributed by atoms with Crippen LogP contribution in [0.3, 0.4) is 0 Å². The van der Waals surface area contributed by atoms with Gasteiger partial charge in [0.1, 0.15) is 0 Å². The molecule has 0 aliphatic rings. The van der Waals surface area contributed by atoms with Crippen molar-refractivity contribution in [2.24, 2.45) is 0 Å². The molecular formula is C11H13CrNO5. The Morgan fingerprint density at radius 2 is 0.944 bits per heavy atom. The molecule has 6 nitrogen and oxygen atoms in total. The molecule has 0 bridgehead atoms. The summed E-state index contributed by atoms with van der Waals surface area (Å²) < 4.78 is 38.7. The second kappa shape index (κ2) is 44.4. The van der Waals surface area contributed by atoms with Gasteiger partial charge in [-0.2, -0.15) is 0 Å². The second-order valence-corrected chi connectivity index (χ2v) is 3.89. The van der Waals surface area contributed by atoms with E-state index in [0.29, 0.717) is 0 Å². The molecule has 0 rings (SSSR count). The Bertz CT molecular complexity index is 222. The Hall–Kier alpha value is -0.938. The average molecular weight is 291 g/mol. The van der Waals surface area contributed by atoms with E-state index in [1.54, 1.807) is 0 Å². The maximum atomic E-state index is 7.50. The SMILES string of the molecule is C[C](=[Cr])NC(C)(C)C.[C-]#[O+].[C-]#[O+].[C-]#[O+].[C-]#[O+].[C-]#[O+]. The van der Waals surface area contributed by atoms with Gasteiger partial charge in [-0.15, -0.1) is 0 Å². The Labute approximate surface area is 116 Å². The molecule has 0 spiro atoms.